The van der Waals surface area contributed by atoms with Crippen LogP contribution in [0.4, 0.5) is 5.82 Å². The predicted octanol–water partition coefficient (Wildman–Crippen LogP) is 3.14. The van der Waals surface area contributed by atoms with E-state index in [0.717, 1.165) is 33.7 Å². The predicted molar refractivity (Wildman–Crippen MR) is 106 cm³/mol. The highest BCUT2D eigenvalue weighted by Crippen LogP contribution is 2.46. The molecule has 3 aromatic rings. The van der Waals surface area contributed by atoms with Crippen molar-refractivity contribution >= 4 is 17.2 Å². The molecule has 0 radical (unpaired) electrons. The van der Waals surface area contributed by atoms with Crippen molar-refractivity contribution in [2.24, 2.45) is 5.92 Å². The van der Waals surface area contributed by atoms with Gasteiger partial charge in [-0.3, -0.25) is 4.98 Å². The number of aryl methyl sites for hydroxylation is 2. The molecule has 1 aliphatic carbocycles. The lowest BCUT2D eigenvalue weighted by molar-refractivity contribution is 0.284. The van der Waals surface area contributed by atoms with Gasteiger partial charge in [0.15, 0.2) is 0 Å². The van der Waals surface area contributed by atoms with E-state index in [1.165, 1.54) is 0 Å². The van der Waals surface area contributed by atoms with E-state index in [2.05, 4.69) is 30.5 Å². The Hall–Kier alpha value is -2.81. The van der Waals surface area contributed by atoms with Gasteiger partial charge in [0.2, 0.25) is 5.88 Å². The second-order valence-corrected chi connectivity index (χ2v) is 8.01. The van der Waals surface area contributed by atoms with Gasteiger partial charge in [0.05, 0.1) is 26.5 Å². The highest BCUT2D eigenvalue weighted by molar-refractivity contribution is 7.11. The summed E-state index contributed by atoms with van der Waals surface area (Å²) in [6.07, 6.45) is 2.83. The molecule has 4 rings (SSSR count). The zero-order chi connectivity index (χ0) is 19.5. The molecule has 0 saturated heterocycles. The topological polar surface area (TPSA) is 94.9 Å². The molecule has 0 aliphatic heterocycles. The molecule has 0 aromatic carbocycles. The number of anilines is 1. The van der Waals surface area contributed by atoms with E-state index in [9.17, 15) is 0 Å². The van der Waals surface area contributed by atoms with Crippen molar-refractivity contribution in [1.82, 2.24) is 25.1 Å². The van der Waals surface area contributed by atoms with E-state index in [-0.39, 0.29) is 0 Å². The Bertz CT molecular complexity index is 946. The van der Waals surface area contributed by atoms with Gasteiger partial charge in [-0.1, -0.05) is 11.3 Å². The van der Waals surface area contributed by atoms with Crippen molar-refractivity contribution in [3.05, 3.63) is 45.9 Å². The van der Waals surface area contributed by atoms with Gasteiger partial charge in [0.25, 0.3) is 0 Å². The van der Waals surface area contributed by atoms with Gasteiger partial charge in [0.1, 0.15) is 27.4 Å². The van der Waals surface area contributed by atoms with Gasteiger partial charge in [-0.25, -0.2) is 4.98 Å². The fraction of sp³-hybridized carbons (Fsp3) is 0.421. The van der Waals surface area contributed by atoms with Crippen LogP contribution in [0.5, 0.6) is 11.6 Å². The molecule has 9 heteroatoms. The number of nitrogens with one attached hydrogen (secondary N) is 1. The van der Waals surface area contributed by atoms with Gasteiger partial charge in [0, 0.05) is 23.6 Å². The summed E-state index contributed by atoms with van der Waals surface area (Å²) in [5, 5.41) is 13.3. The Morgan fingerprint density at radius 1 is 1.21 bits per heavy atom. The number of hydrogen-bond donors (Lipinski definition) is 1. The van der Waals surface area contributed by atoms with E-state index in [1.807, 2.05) is 32.0 Å². The quantitative estimate of drug-likeness (QED) is 0.618. The number of ether oxygens (including phenoxy) is 2. The molecule has 1 saturated carbocycles. The number of pyridine rings is 1. The molecule has 0 amide bonds. The molecule has 2 atom stereocenters. The highest BCUT2D eigenvalue weighted by atomic mass is 32.1. The minimum atomic E-state index is 0.437. The maximum absolute atomic E-state index is 5.94. The van der Waals surface area contributed by atoms with Gasteiger partial charge < -0.3 is 14.8 Å². The van der Waals surface area contributed by atoms with Gasteiger partial charge in [-0.15, -0.1) is 10.2 Å². The van der Waals surface area contributed by atoms with Crippen LogP contribution in [0.1, 0.15) is 33.9 Å². The summed E-state index contributed by atoms with van der Waals surface area (Å²) in [4.78, 5) is 13.3. The Morgan fingerprint density at radius 2 is 2.11 bits per heavy atom. The summed E-state index contributed by atoms with van der Waals surface area (Å²) in [5.41, 5.74) is 1.09. The maximum Gasteiger partial charge on any atom is 0.218 e. The van der Waals surface area contributed by atoms with E-state index in [1.54, 1.807) is 24.6 Å². The van der Waals surface area contributed by atoms with Crippen LogP contribution < -0.4 is 14.8 Å². The van der Waals surface area contributed by atoms with Crippen LogP contribution in [0.25, 0.3) is 0 Å². The molecular weight excluding hydrogens is 376 g/mol. The lowest BCUT2D eigenvalue weighted by atomic mass is 10.2. The smallest absolute Gasteiger partial charge is 0.218 e. The fourth-order valence-corrected chi connectivity index (χ4v) is 3.65. The Kier molecular flexibility index (Phi) is 5.34. The molecule has 1 N–H and O–H groups in total. The molecule has 3 aromatic heterocycles. The molecule has 28 heavy (non-hydrogen) atoms. The van der Waals surface area contributed by atoms with Crippen molar-refractivity contribution in [3.8, 4) is 11.6 Å². The zero-order valence-corrected chi connectivity index (χ0v) is 16.9. The lowest BCUT2D eigenvalue weighted by Gasteiger charge is -2.09. The molecule has 0 spiro atoms. The fourth-order valence-electron chi connectivity index (χ4n) is 3.00. The molecule has 1 fully saturated rings. The third-order valence-electron chi connectivity index (χ3n) is 4.55. The van der Waals surface area contributed by atoms with Crippen LogP contribution >= 0.6 is 11.3 Å². The first-order valence-corrected chi connectivity index (χ1v) is 9.93. The van der Waals surface area contributed by atoms with E-state index >= 15 is 0 Å². The molecule has 1 aliphatic rings. The number of aromatic nitrogens is 5. The lowest BCUT2D eigenvalue weighted by Crippen LogP contribution is -2.07. The third-order valence-corrected chi connectivity index (χ3v) is 5.38. The molecule has 146 valence electrons. The van der Waals surface area contributed by atoms with Crippen LogP contribution in [0.3, 0.4) is 0 Å². The van der Waals surface area contributed by atoms with E-state index in [0.29, 0.717) is 36.7 Å². The van der Waals surface area contributed by atoms with Crippen molar-refractivity contribution in [1.29, 1.82) is 0 Å². The van der Waals surface area contributed by atoms with Crippen LogP contribution in [0.15, 0.2) is 24.4 Å². The standard InChI is InChI=1S/C19H22N6O2S/c1-11-22-17(21-9-19-25-24-12(2)28-19)7-18(23-11)27-10-13-6-15(13)16-5-4-14(26-3)8-20-16/h4-5,7-8,13,15H,6,9-10H2,1-3H3,(H,21,22,23)/t13-,15+/m1/s1. The monoisotopic (exact) mass is 398 g/mol. The molecule has 0 unspecified atom stereocenters. The third kappa shape index (κ3) is 4.53. The normalized spacial score (nSPS) is 18.0. The maximum atomic E-state index is 5.94. The first-order valence-electron chi connectivity index (χ1n) is 9.12. The van der Waals surface area contributed by atoms with Gasteiger partial charge in [-0.2, -0.15) is 4.98 Å². The molecule has 3 heterocycles. The average Bonchev–Trinajstić information content (AvgIpc) is 3.36. The second-order valence-electron chi connectivity index (χ2n) is 6.74. The van der Waals surface area contributed by atoms with Gasteiger partial charge >= 0.3 is 0 Å². The minimum Gasteiger partial charge on any atom is -0.495 e. The Balaban J connectivity index is 1.31. The van der Waals surface area contributed by atoms with Crippen molar-refractivity contribution < 1.29 is 9.47 Å². The van der Waals surface area contributed by atoms with Crippen molar-refractivity contribution in [2.75, 3.05) is 19.0 Å². The zero-order valence-electron chi connectivity index (χ0n) is 16.0. The van der Waals surface area contributed by atoms with Crippen LogP contribution in [-0.2, 0) is 6.54 Å². The number of methoxy groups -OCH3 is 1. The van der Waals surface area contributed by atoms with Crippen LogP contribution in [0, 0.1) is 19.8 Å². The summed E-state index contributed by atoms with van der Waals surface area (Å²) in [5.74, 6) is 3.63. The number of nitrogens with zero attached hydrogens (tertiary/aromatic N) is 5. The highest BCUT2D eigenvalue weighted by Gasteiger charge is 2.40. The Labute approximate surface area is 167 Å². The van der Waals surface area contributed by atoms with Crippen molar-refractivity contribution in [3.63, 3.8) is 0 Å². The number of hydrogen-bond acceptors (Lipinski definition) is 9. The largest absolute Gasteiger partial charge is 0.495 e. The summed E-state index contributed by atoms with van der Waals surface area (Å²) in [6, 6.07) is 5.79. The van der Waals surface area contributed by atoms with E-state index < -0.39 is 0 Å². The SMILES string of the molecule is COc1ccc([C@H]2C[C@@H]2COc2cc(NCc3nnc(C)s3)nc(C)n2)nc1. The van der Waals surface area contributed by atoms with Crippen LogP contribution in [0.2, 0.25) is 0 Å². The van der Waals surface area contributed by atoms with E-state index in [4.69, 9.17) is 9.47 Å². The first kappa shape index (κ1) is 18.5. The molecule has 0 bridgehead atoms. The van der Waals surface area contributed by atoms with Gasteiger partial charge in [-0.05, 0) is 32.4 Å². The average molecular weight is 398 g/mol. The summed E-state index contributed by atoms with van der Waals surface area (Å²) >= 11 is 1.57. The first-order chi connectivity index (χ1) is 13.6. The van der Waals surface area contributed by atoms with Crippen LogP contribution in [-0.4, -0.2) is 38.9 Å². The number of rotatable bonds is 8. The van der Waals surface area contributed by atoms with Crippen molar-refractivity contribution in [2.45, 2.75) is 32.7 Å². The summed E-state index contributed by atoms with van der Waals surface area (Å²) in [6.45, 7) is 4.99. The minimum absolute atomic E-state index is 0.437. The Morgan fingerprint density at radius 3 is 2.82 bits per heavy atom. The molecule has 8 nitrogen and oxygen atoms in total. The summed E-state index contributed by atoms with van der Waals surface area (Å²) < 4.78 is 11.1. The molecular formula is C19H22N6O2S. The summed E-state index contributed by atoms with van der Waals surface area (Å²) in [7, 11) is 1.64. The second kappa shape index (κ2) is 8.05.